The van der Waals surface area contributed by atoms with Gasteiger partial charge in [-0.1, -0.05) is 67.7 Å². The van der Waals surface area contributed by atoms with Crippen molar-refractivity contribution in [2.45, 2.75) is 37.8 Å². The highest BCUT2D eigenvalue weighted by Gasteiger charge is 2.23. The predicted octanol–water partition coefficient (Wildman–Crippen LogP) is 2.69. The van der Waals surface area contributed by atoms with Crippen molar-refractivity contribution in [1.29, 1.82) is 0 Å². The minimum absolute atomic E-state index is 0.613. The average molecular weight is 190 g/mol. The maximum absolute atomic E-state index is 2.52. The summed E-state index contributed by atoms with van der Waals surface area (Å²) in [5.74, 6) is 0. The van der Waals surface area contributed by atoms with Crippen LogP contribution in [0.3, 0.4) is 0 Å². The summed E-state index contributed by atoms with van der Waals surface area (Å²) in [6.45, 7) is 2.52. The molecule has 13 heavy (non-hydrogen) atoms. The van der Waals surface area contributed by atoms with Gasteiger partial charge in [0, 0.05) is 0 Å². The van der Waals surface area contributed by atoms with Crippen LogP contribution in [0.4, 0.5) is 0 Å². The molecule has 1 aromatic rings. The Morgan fingerprint density at radius 2 is 1.69 bits per heavy atom. The zero-order valence-corrected chi connectivity index (χ0v) is 9.52. The third-order valence-corrected chi connectivity index (χ3v) is 6.95. The van der Waals surface area contributed by atoms with Gasteiger partial charge < -0.3 is 0 Å². The first-order valence-electron chi connectivity index (χ1n) is 5.43. The Morgan fingerprint density at radius 1 is 1.08 bits per heavy atom. The van der Waals surface area contributed by atoms with Crippen LogP contribution in [-0.4, -0.2) is 8.80 Å². The lowest BCUT2D eigenvalue weighted by Crippen LogP contribution is -2.30. The largest absolute Gasteiger partial charge is 0.0708 e. The summed E-state index contributed by atoms with van der Waals surface area (Å²) in [6.07, 6.45) is 5.97. The van der Waals surface area contributed by atoms with Crippen LogP contribution in [0.25, 0.3) is 0 Å². The molecule has 0 saturated heterocycles. The number of rotatable bonds is 2. The van der Waals surface area contributed by atoms with Crippen molar-refractivity contribution >= 4 is 14.0 Å². The van der Waals surface area contributed by atoms with Gasteiger partial charge in [-0.05, 0) is 5.54 Å². The quantitative estimate of drug-likeness (QED) is 0.629. The minimum Gasteiger partial charge on any atom is -0.0678 e. The Labute approximate surface area is 82.6 Å². The average Bonchev–Trinajstić information content (AvgIpc) is 2.71. The summed E-state index contributed by atoms with van der Waals surface area (Å²) in [7, 11) is -0.613. The molecular weight excluding hydrogens is 172 g/mol. The van der Waals surface area contributed by atoms with E-state index < -0.39 is 8.80 Å². The second kappa shape index (κ2) is 4.10. The van der Waals surface area contributed by atoms with E-state index in [1.54, 1.807) is 5.19 Å². The van der Waals surface area contributed by atoms with Crippen molar-refractivity contribution in [2.75, 3.05) is 0 Å². The standard InChI is InChI=1S/C12H18Si/c1-13(12-9-5-6-10-12)11-7-3-2-4-8-11/h2-4,7-8,12-13H,5-6,9-10H2,1H3. The zero-order valence-electron chi connectivity index (χ0n) is 8.37. The Balaban J connectivity index is 2.08. The van der Waals surface area contributed by atoms with Crippen molar-refractivity contribution in [2.24, 2.45) is 0 Å². The first kappa shape index (κ1) is 9.01. The van der Waals surface area contributed by atoms with Crippen LogP contribution in [0, 0.1) is 0 Å². The van der Waals surface area contributed by atoms with E-state index in [9.17, 15) is 0 Å². The van der Waals surface area contributed by atoms with E-state index in [4.69, 9.17) is 0 Å². The molecule has 1 aromatic carbocycles. The maximum atomic E-state index is 2.52. The molecule has 0 aromatic heterocycles. The molecule has 1 atom stereocenters. The fourth-order valence-corrected chi connectivity index (χ4v) is 5.33. The SMILES string of the molecule is C[SiH](c1ccccc1)C1CCCC1. The van der Waals surface area contributed by atoms with Gasteiger partial charge in [0.2, 0.25) is 0 Å². The Kier molecular flexibility index (Phi) is 2.84. The molecule has 70 valence electrons. The van der Waals surface area contributed by atoms with Gasteiger partial charge in [-0.15, -0.1) is 0 Å². The molecule has 0 nitrogen and oxygen atoms in total. The van der Waals surface area contributed by atoms with E-state index in [-0.39, 0.29) is 0 Å². The van der Waals surface area contributed by atoms with Gasteiger partial charge in [0.05, 0.1) is 8.80 Å². The number of benzene rings is 1. The lowest BCUT2D eigenvalue weighted by molar-refractivity contribution is 0.860. The van der Waals surface area contributed by atoms with Crippen LogP contribution >= 0.6 is 0 Å². The lowest BCUT2D eigenvalue weighted by Gasteiger charge is -2.17. The summed E-state index contributed by atoms with van der Waals surface area (Å²) < 4.78 is 0. The highest BCUT2D eigenvalue weighted by molar-refractivity contribution is 6.73. The minimum atomic E-state index is -0.613. The molecule has 0 heterocycles. The van der Waals surface area contributed by atoms with E-state index in [0.717, 1.165) is 5.54 Å². The number of hydrogen-bond donors (Lipinski definition) is 0. The van der Waals surface area contributed by atoms with Crippen LogP contribution in [0.1, 0.15) is 25.7 Å². The Hall–Kier alpha value is -0.563. The molecule has 0 N–H and O–H groups in total. The van der Waals surface area contributed by atoms with Gasteiger partial charge in [0.25, 0.3) is 0 Å². The first-order valence-corrected chi connectivity index (χ1v) is 7.83. The summed E-state index contributed by atoms with van der Waals surface area (Å²) in [5.41, 5.74) is 1.09. The molecule has 1 heteroatoms. The molecule has 1 aliphatic carbocycles. The third-order valence-electron chi connectivity index (χ3n) is 3.43. The lowest BCUT2D eigenvalue weighted by atomic mass is 10.4. The second-order valence-corrected chi connectivity index (χ2v) is 7.43. The highest BCUT2D eigenvalue weighted by atomic mass is 28.3. The van der Waals surface area contributed by atoms with Gasteiger partial charge >= 0.3 is 0 Å². The van der Waals surface area contributed by atoms with Gasteiger partial charge in [-0.25, -0.2) is 0 Å². The van der Waals surface area contributed by atoms with Gasteiger partial charge in [-0.2, -0.15) is 0 Å². The highest BCUT2D eigenvalue weighted by Crippen LogP contribution is 2.32. The molecule has 1 fully saturated rings. The van der Waals surface area contributed by atoms with Crippen LogP contribution in [-0.2, 0) is 0 Å². The number of hydrogen-bond acceptors (Lipinski definition) is 0. The van der Waals surface area contributed by atoms with E-state index in [1.165, 1.54) is 25.7 Å². The first-order chi connectivity index (χ1) is 6.38. The van der Waals surface area contributed by atoms with Crippen molar-refractivity contribution in [3.8, 4) is 0 Å². The van der Waals surface area contributed by atoms with E-state index in [0.29, 0.717) is 0 Å². The fourth-order valence-electron chi connectivity index (χ4n) is 2.49. The molecule has 1 saturated carbocycles. The van der Waals surface area contributed by atoms with Crippen LogP contribution in [0.2, 0.25) is 12.1 Å². The monoisotopic (exact) mass is 190 g/mol. The normalized spacial score (nSPS) is 20.4. The van der Waals surface area contributed by atoms with Gasteiger partial charge in [-0.3, -0.25) is 0 Å². The van der Waals surface area contributed by atoms with Crippen molar-refractivity contribution in [3.63, 3.8) is 0 Å². The van der Waals surface area contributed by atoms with E-state index in [2.05, 4.69) is 36.9 Å². The summed E-state index contributed by atoms with van der Waals surface area (Å²) in [4.78, 5) is 0. The summed E-state index contributed by atoms with van der Waals surface area (Å²) in [5, 5.41) is 1.66. The summed E-state index contributed by atoms with van der Waals surface area (Å²) >= 11 is 0. The smallest absolute Gasteiger partial charge is 0.0678 e. The van der Waals surface area contributed by atoms with E-state index >= 15 is 0 Å². The Bertz CT molecular complexity index is 249. The summed E-state index contributed by atoms with van der Waals surface area (Å²) in [6, 6.07) is 11.2. The van der Waals surface area contributed by atoms with E-state index in [1.807, 2.05) is 0 Å². The molecule has 0 bridgehead atoms. The molecule has 0 radical (unpaired) electrons. The molecule has 1 aliphatic rings. The molecule has 0 aliphatic heterocycles. The molecule has 2 rings (SSSR count). The van der Waals surface area contributed by atoms with Crippen LogP contribution < -0.4 is 5.19 Å². The van der Waals surface area contributed by atoms with Crippen molar-refractivity contribution < 1.29 is 0 Å². The maximum Gasteiger partial charge on any atom is 0.0708 e. The topological polar surface area (TPSA) is 0 Å². The molecule has 0 spiro atoms. The van der Waals surface area contributed by atoms with Crippen LogP contribution in [0.15, 0.2) is 30.3 Å². The van der Waals surface area contributed by atoms with Gasteiger partial charge in [0.1, 0.15) is 0 Å². The molecule has 0 amide bonds. The fraction of sp³-hybridized carbons (Fsp3) is 0.500. The van der Waals surface area contributed by atoms with Crippen molar-refractivity contribution in [1.82, 2.24) is 0 Å². The van der Waals surface area contributed by atoms with Gasteiger partial charge in [0.15, 0.2) is 0 Å². The third kappa shape index (κ3) is 2.02. The Morgan fingerprint density at radius 3 is 2.31 bits per heavy atom. The zero-order chi connectivity index (χ0) is 9.10. The van der Waals surface area contributed by atoms with Crippen molar-refractivity contribution in [3.05, 3.63) is 30.3 Å². The molecule has 1 unspecified atom stereocenters. The second-order valence-electron chi connectivity index (χ2n) is 4.24. The van der Waals surface area contributed by atoms with Crippen LogP contribution in [0.5, 0.6) is 0 Å². The predicted molar refractivity (Wildman–Crippen MR) is 61.3 cm³/mol. The molecular formula is C12H18Si.